The average Bonchev–Trinajstić information content (AvgIpc) is 2.88. The quantitative estimate of drug-likeness (QED) is 0.768. The first-order valence-electron chi connectivity index (χ1n) is 4.55. The maximum absolute atomic E-state index is 10.4. The second-order valence-electron chi connectivity index (χ2n) is 3.49. The third kappa shape index (κ3) is 2.09. The molecule has 4 nitrogen and oxygen atoms in total. The number of aliphatic carboxylic acids is 1. The number of aryl methyl sites for hydroxylation is 1. The van der Waals surface area contributed by atoms with Gasteiger partial charge in [0.15, 0.2) is 0 Å². The molecule has 0 amide bonds. The Morgan fingerprint density at radius 3 is 3.07 bits per heavy atom. The summed E-state index contributed by atoms with van der Waals surface area (Å²) in [4.78, 5) is 10.4. The summed E-state index contributed by atoms with van der Waals surface area (Å²) in [5.74, 6) is -0.0616. The Morgan fingerprint density at radius 1 is 1.79 bits per heavy atom. The van der Waals surface area contributed by atoms with Crippen LogP contribution in [0.25, 0.3) is 0 Å². The summed E-state index contributed by atoms with van der Waals surface area (Å²) in [5, 5.41) is 13.8. The molecule has 76 valence electrons. The fraction of sp³-hybridized carbons (Fsp3) is 0.556. The molecule has 14 heavy (non-hydrogen) atoms. The highest BCUT2D eigenvalue weighted by atomic mass is 32.2. The molecular weight excluding hydrogens is 200 g/mol. The van der Waals surface area contributed by atoms with E-state index < -0.39 is 5.97 Å². The molecule has 1 aliphatic rings. The van der Waals surface area contributed by atoms with E-state index in [0.29, 0.717) is 5.92 Å². The van der Waals surface area contributed by atoms with Gasteiger partial charge in [0.05, 0.1) is 16.5 Å². The molecule has 0 saturated heterocycles. The average molecular weight is 212 g/mol. The van der Waals surface area contributed by atoms with Gasteiger partial charge in [-0.15, -0.1) is 0 Å². The Morgan fingerprint density at radius 2 is 2.50 bits per heavy atom. The lowest BCUT2D eigenvalue weighted by Gasteiger charge is -1.96. The molecule has 1 fully saturated rings. The van der Waals surface area contributed by atoms with Crippen LogP contribution in [0.2, 0.25) is 0 Å². The molecule has 1 saturated carbocycles. The van der Waals surface area contributed by atoms with Crippen molar-refractivity contribution in [2.75, 3.05) is 5.75 Å². The maximum Gasteiger partial charge on any atom is 0.313 e. The number of carboxylic acid groups (broad SMARTS) is 1. The van der Waals surface area contributed by atoms with Crippen LogP contribution in [0.4, 0.5) is 0 Å². The first-order valence-corrected chi connectivity index (χ1v) is 5.54. The second kappa shape index (κ2) is 3.65. The van der Waals surface area contributed by atoms with Gasteiger partial charge in [0.25, 0.3) is 0 Å². The molecule has 0 radical (unpaired) electrons. The molecule has 0 atom stereocenters. The van der Waals surface area contributed by atoms with Gasteiger partial charge < -0.3 is 5.11 Å². The van der Waals surface area contributed by atoms with E-state index in [1.165, 1.54) is 24.6 Å². The smallest absolute Gasteiger partial charge is 0.313 e. The van der Waals surface area contributed by atoms with Crippen LogP contribution in [0.1, 0.15) is 24.5 Å². The molecular formula is C9H12N2O2S. The van der Waals surface area contributed by atoms with Crippen molar-refractivity contribution in [3.8, 4) is 0 Å². The number of carbonyl (C=O) groups is 1. The van der Waals surface area contributed by atoms with Gasteiger partial charge in [-0.25, -0.2) is 0 Å². The second-order valence-corrected chi connectivity index (χ2v) is 4.48. The van der Waals surface area contributed by atoms with Gasteiger partial charge >= 0.3 is 5.97 Å². The number of rotatable bonds is 4. The standard InChI is InChI=1S/C9H12N2O2S/c1-11-8(14-5-9(12)13)4-7(10-11)6-2-3-6/h4,6H,2-3,5H2,1H3,(H,12,13). The number of carboxylic acids is 1. The number of thioether (sulfide) groups is 1. The minimum atomic E-state index is -0.788. The molecule has 2 rings (SSSR count). The SMILES string of the molecule is Cn1nc(C2CC2)cc1SCC(=O)O. The molecule has 0 aliphatic heterocycles. The van der Waals surface area contributed by atoms with Gasteiger partial charge in [-0.05, 0) is 18.9 Å². The number of hydrogen-bond donors (Lipinski definition) is 1. The molecule has 5 heteroatoms. The van der Waals surface area contributed by atoms with Crippen LogP contribution in [-0.2, 0) is 11.8 Å². The van der Waals surface area contributed by atoms with Crippen LogP contribution in [0.15, 0.2) is 11.1 Å². The molecule has 0 spiro atoms. The van der Waals surface area contributed by atoms with Crippen LogP contribution >= 0.6 is 11.8 Å². The summed E-state index contributed by atoms with van der Waals surface area (Å²) in [5.41, 5.74) is 1.11. The van der Waals surface area contributed by atoms with Gasteiger partial charge in [0.1, 0.15) is 0 Å². The summed E-state index contributed by atoms with van der Waals surface area (Å²) in [6.45, 7) is 0. The highest BCUT2D eigenvalue weighted by molar-refractivity contribution is 7.99. The van der Waals surface area contributed by atoms with Crippen molar-refractivity contribution in [2.45, 2.75) is 23.8 Å². The fourth-order valence-electron chi connectivity index (χ4n) is 1.32. The summed E-state index contributed by atoms with van der Waals surface area (Å²) in [7, 11) is 1.86. The normalized spacial score (nSPS) is 15.8. The summed E-state index contributed by atoms with van der Waals surface area (Å²) in [6, 6.07) is 2.01. The monoisotopic (exact) mass is 212 g/mol. The van der Waals surface area contributed by atoms with Crippen LogP contribution < -0.4 is 0 Å². The van der Waals surface area contributed by atoms with Crippen LogP contribution in [-0.4, -0.2) is 26.6 Å². The summed E-state index contributed by atoms with van der Waals surface area (Å²) < 4.78 is 1.77. The van der Waals surface area contributed by atoms with E-state index >= 15 is 0 Å². The van der Waals surface area contributed by atoms with E-state index in [2.05, 4.69) is 5.10 Å². The Balaban J connectivity index is 2.04. The highest BCUT2D eigenvalue weighted by Gasteiger charge is 2.26. The number of nitrogens with zero attached hydrogens (tertiary/aromatic N) is 2. The van der Waals surface area contributed by atoms with Crippen molar-refractivity contribution in [3.05, 3.63) is 11.8 Å². The van der Waals surface area contributed by atoms with Gasteiger partial charge in [0.2, 0.25) is 0 Å². The Kier molecular flexibility index (Phi) is 2.50. The lowest BCUT2D eigenvalue weighted by molar-refractivity contribution is -0.133. The minimum absolute atomic E-state index is 0.101. The summed E-state index contributed by atoms with van der Waals surface area (Å²) in [6.07, 6.45) is 2.44. The Hall–Kier alpha value is -0.970. The maximum atomic E-state index is 10.4. The highest BCUT2D eigenvalue weighted by Crippen LogP contribution is 2.40. The zero-order valence-electron chi connectivity index (χ0n) is 7.93. The van der Waals surface area contributed by atoms with Crippen molar-refractivity contribution in [1.82, 2.24) is 9.78 Å². The van der Waals surface area contributed by atoms with Gasteiger partial charge in [-0.2, -0.15) is 5.10 Å². The lowest BCUT2D eigenvalue weighted by atomic mass is 10.3. The largest absolute Gasteiger partial charge is 0.481 e. The molecule has 1 aromatic heterocycles. The van der Waals surface area contributed by atoms with Crippen molar-refractivity contribution in [3.63, 3.8) is 0 Å². The third-order valence-electron chi connectivity index (χ3n) is 2.19. The van der Waals surface area contributed by atoms with E-state index in [1.54, 1.807) is 4.68 Å². The first-order chi connectivity index (χ1) is 6.66. The third-order valence-corrected chi connectivity index (χ3v) is 3.26. The topological polar surface area (TPSA) is 55.1 Å². The molecule has 1 aliphatic carbocycles. The van der Waals surface area contributed by atoms with Crippen LogP contribution in [0.5, 0.6) is 0 Å². The van der Waals surface area contributed by atoms with E-state index in [0.717, 1.165) is 10.7 Å². The number of aromatic nitrogens is 2. The first kappa shape index (κ1) is 9.58. The zero-order valence-corrected chi connectivity index (χ0v) is 8.75. The molecule has 1 heterocycles. The number of hydrogen-bond acceptors (Lipinski definition) is 3. The van der Waals surface area contributed by atoms with Crippen molar-refractivity contribution in [1.29, 1.82) is 0 Å². The lowest BCUT2D eigenvalue weighted by Crippen LogP contribution is -2.00. The van der Waals surface area contributed by atoms with Gasteiger partial charge in [-0.1, -0.05) is 11.8 Å². The van der Waals surface area contributed by atoms with Crippen molar-refractivity contribution in [2.24, 2.45) is 7.05 Å². The zero-order chi connectivity index (χ0) is 10.1. The van der Waals surface area contributed by atoms with E-state index in [4.69, 9.17) is 5.11 Å². The fourth-order valence-corrected chi connectivity index (χ4v) is 2.02. The van der Waals surface area contributed by atoms with E-state index in [-0.39, 0.29) is 5.75 Å². The molecule has 0 unspecified atom stereocenters. The Bertz CT molecular complexity index is 358. The minimum Gasteiger partial charge on any atom is -0.481 e. The molecule has 1 N–H and O–H groups in total. The molecule has 0 aromatic carbocycles. The molecule has 0 bridgehead atoms. The predicted octanol–water partition coefficient (Wildman–Crippen LogP) is 1.47. The summed E-state index contributed by atoms with van der Waals surface area (Å²) >= 11 is 1.32. The van der Waals surface area contributed by atoms with Crippen molar-refractivity contribution < 1.29 is 9.90 Å². The van der Waals surface area contributed by atoms with Crippen molar-refractivity contribution >= 4 is 17.7 Å². The molecule has 1 aromatic rings. The van der Waals surface area contributed by atoms with E-state index in [1.807, 2.05) is 13.1 Å². The Labute approximate surface area is 86.3 Å². The predicted molar refractivity (Wildman–Crippen MR) is 53.5 cm³/mol. The van der Waals surface area contributed by atoms with Gasteiger partial charge in [-0.3, -0.25) is 9.48 Å². The van der Waals surface area contributed by atoms with Crippen LogP contribution in [0.3, 0.4) is 0 Å². The van der Waals surface area contributed by atoms with Crippen LogP contribution in [0, 0.1) is 0 Å². The van der Waals surface area contributed by atoms with Gasteiger partial charge in [0, 0.05) is 13.0 Å². The van der Waals surface area contributed by atoms with E-state index in [9.17, 15) is 4.79 Å².